The van der Waals surface area contributed by atoms with Crippen LogP contribution in [0.2, 0.25) is 0 Å². The molecule has 124 valence electrons. The molecule has 0 bridgehead atoms. The van der Waals surface area contributed by atoms with Crippen molar-refractivity contribution < 1.29 is 19.4 Å². The lowest BCUT2D eigenvalue weighted by atomic mass is 10.1. The highest BCUT2D eigenvalue weighted by Gasteiger charge is 2.31. The SMILES string of the molecule is Cc1ccc(O)c(C(=O)O[C@@H](C(=O)NC2CC2)c2ccccc2)c1. The summed E-state index contributed by atoms with van der Waals surface area (Å²) in [7, 11) is 0. The van der Waals surface area contributed by atoms with E-state index in [1.54, 1.807) is 36.4 Å². The van der Waals surface area contributed by atoms with Gasteiger partial charge in [-0.15, -0.1) is 0 Å². The van der Waals surface area contributed by atoms with Crippen molar-refractivity contribution in [3.63, 3.8) is 0 Å². The molecule has 0 unspecified atom stereocenters. The molecule has 24 heavy (non-hydrogen) atoms. The van der Waals surface area contributed by atoms with Gasteiger partial charge in [0.2, 0.25) is 6.10 Å². The number of phenolic OH excluding ortho intramolecular Hbond substituents is 1. The molecule has 1 fully saturated rings. The number of hydrogen-bond acceptors (Lipinski definition) is 4. The molecule has 2 aromatic carbocycles. The monoisotopic (exact) mass is 325 g/mol. The third-order valence-corrected chi connectivity index (χ3v) is 3.86. The second-order valence-corrected chi connectivity index (χ2v) is 6.00. The van der Waals surface area contributed by atoms with E-state index < -0.39 is 12.1 Å². The van der Waals surface area contributed by atoms with Gasteiger partial charge in [0.25, 0.3) is 5.91 Å². The summed E-state index contributed by atoms with van der Waals surface area (Å²) < 4.78 is 5.44. The molecule has 1 aliphatic rings. The average molecular weight is 325 g/mol. The first-order chi connectivity index (χ1) is 11.5. The van der Waals surface area contributed by atoms with Crippen LogP contribution in [-0.4, -0.2) is 23.0 Å². The Labute approximate surface area is 140 Å². The lowest BCUT2D eigenvalue weighted by molar-refractivity contribution is -0.130. The van der Waals surface area contributed by atoms with Gasteiger partial charge in [0.15, 0.2) is 0 Å². The van der Waals surface area contributed by atoms with Gasteiger partial charge in [-0.2, -0.15) is 0 Å². The zero-order chi connectivity index (χ0) is 17.1. The molecule has 0 aromatic heterocycles. The van der Waals surface area contributed by atoms with Crippen molar-refractivity contribution >= 4 is 11.9 Å². The van der Waals surface area contributed by atoms with Crippen LogP contribution < -0.4 is 5.32 Å². The van der Waals surface area contributed by atoms with Crippen LogP contribution in [0.25, 0.3) is 0 Å². The second kappa shape index (κ2) is 6.74. The maximum atomic E-state index is 12.5. The molecule has 5 nitrogen and oxygen atoms in total. The molecular formula is C19H19NO4. The van der Waals surface area contributed by atoms with Crippen LogP contribution in [0.4, 0.5) is 0 Å². The van der Waals surface area contributed by atoms with Gasteiger partial charge < -0.3 is 15.2 Å². The lowest BCUT2D eigenvalue weighted by Crippen LogP contribution is -2.33. The second-order valence-electron chi connectivity index (χ2n) is 6.00. The number of esters is 1. The summed E-state index contributed by atoms with van der Waals surface area (Å²) in [5.41, 5.74) is 1.46. The van der Waals surface area contributed by atoms with Crippen LogP contribution in [0.1, 0.15) is 40.4 Å². The Morgan fingerprint density at radius 1 is 1.17 bits per heavy atom. The number of rotatable bonds is 5. The van der Waals surface area contributed by atoms with Crippen molar-refractivity contribution in [2.45, 2.75) is 31.9 Å². The van der Waals surface area contributed by atoms with Crippen molar-refractivity contribution in [1.82, 2.24) is 5.32 Å². The molecule has 1 saturated carbocycles. The topological polar surface area (TPSA) is 75.6 Å². The number of aryl methyl sites for hydroxylation is 1. The number of amides is 1. The first-order valence-corrected chi connectivity index (χ1v) is 7.90. The number of carbonyl (C=O) groups excluding carboxylic acids is 2. The van der Waals surface area contributed by atoms with Gasteiger partial charge in [-0.1, -0.05) is 42.0 Å². The normalized spacial score (nSPS) is 14.7. The molecule has 0 radical (unpaired) electrons. The third kappa shape index (κ3) is 3.74. The first kappa shape index (κ1) is 16.1. The summed E-state index contributed by atoms with van der Waals surface area (Å²) >= 11 is 0. The molecule has 0 saturated heterocycles. The Hall–Kier alpha value is -2.82. The van der Waals surface area contributed by atoms with Gasteiger partial charge in [0.05, 0.1) is 0 Å². The summed E-state index contributed by atoms with van der Waals surface area (Å²) in [5.74, 6) is -1.24. The number of carbonyl (C=O) groups is 2. The predicted octanol–water partition coefficient (Wildman–Crippen LogP) is 2.88. The van der Waals surface area contributed by atoms with Gasteiger partial charge in [-0.25, -0.2) is 4.79 Å². The summed E-state index contributed by atoms with van der Waals surface area (Å²) in [6.07, 6.45) is 0.846. The van der Waals surface area contributed by atoms with Gasteiger partial charge in [0, 0.05) is 11.6 Å². The van der Waals surface area contributed by atoms with Gasteiger partial charge >= 0.3 is 5.97 Å². The maximum Gasteiger partial charge on any atom is 0.343 e. The molecule has 2 aromatic rings. The fourth-order valence-corrected chi connectivity index (χ4v) is 2.39. The van der Waals surface area contributed by atoms with Crippen LogP contribution in [0.3, 0.4) is 0 Å². The molecule has 1 amide bonds. The quantitative estimate of drug-likeness (QED) is 0.829. The summed E-state index contributed by atoms with van der Waals surface area (Å²) in [5, 5.41) is 12.7. The standard InChI is InChI=1S/C19H19NO4/c1-12-7-10-16(21)15(11-12)19(23)24-17(13-5-3-2-4-6-13)18(22)20-14-8-9-14/h2-7,10-11,14,17,21H,8-9H2,1H3,(H,20,22)/t17-/m1/s1. The van der Waals surface area contributed by atoms with Crippen molar-refractivity contribution in [1.29, 1.82) is 0 Å². The van der Waals surface area contributed by atoms with E-state index in [0.29, 0.717) is 5.56 Å². The van der Waals surface area contributed by atoms with Crippen molar-refractivity contribution in [2.75, 3.05) is 0 Å². The number of hydrogen-bond donors (Lipinski definition) is 2. The van der Waals surface area contributed by atoms with E-state index >= 15 is 0 Å². The van der Waals surface area contributed by atoms with Crippen molar-refractivity contribution in [3.8, 4) is 5.75 Å². The fraction of sp³-hybridized carbons (Fsp3) is 0.263. The Kier molecular flexibility index (Phi) is 4.51. The maximum absolute atomic E-state index is 12.5. The minimum Gasteiger partial charge on any atom is -0.507 e. The highest BCUT2D eigenvalue weighted by atomic mass is 16.5. The highest BCUT2D eigenvalue weighted by Crippen LogP contribution is 2.26. The molecule has 0 aliphatic heterocycles. The number of benzene rings is 2. The highest BCUT2D eigenvalue weighted by molar-refractivity contribution is 5.95. The molecule has 1 aliphatic carbocycles. The van der Waals surface area contributed by atoms with E-state index in [2.05, 4.69) is 5.32 Å². The van der Waals surface area contributed by atoms with Gasteiger partial charge in [-0.05, 0) is 31.9 Å². The Morgan fingerprint density at radius 3 is 2.54 bits per heavy atom. The molecule has 0 spiro atoms. The van der Waals surface area contributed by atoms with Gasteiger partial charge in [0.1, 0.15) is 11.3 Å². The van der Waals surface area contributed by atoms with Crippen LogP contribution in [0.5, 0.6) is 5.75 Å². The van der Waals surface area contributed by atoms with Crippen LogP contribution in [-0.2, 0) is 9.53 Å². The zero-order valence-corrected chi connectivity index (χ0v) is 13.4. The molecule has 3 rings (SSSR count). The van der Waals surface area contributed by atoms with E-state index in [1.807, 2.05) is 13.0 Å². The minimum atomic E-state index is -1.04. The first-order valence-electron chi connectivity index (χ1n) is 7.90. The molecular weight excluding hydrogens is 306 g/mol. The smallest absolute Gasteiger partial charge is 0.343 e. The summed E-state index contributed by atoms with van der Waals surface area (Å²) in [6.45, 7) is 1.81. The lowest BCUT2D eigenvalue weighted by Gasteiger charge is -2.18. The molecule has 0 heterocycles. The van der Waals surface area contributed by atoms with E-state index in [0.717, 1.165) is 18.4 Å². The Balaban J connectivity index is 1.84. The fourth-order valence-electron chi connectivity index (χ4n) is 2.39. The Morgan fingerprint density at radius 2 is 1.88 bits per heavy atom. The predicted molar refractivity (Wildman–Crippen MR) is 88.6 cm³/mol. The van der Waals surface area contributed by atoms with E-state index in [4.69, 9.17) is 4.74 Å². The van der Waals surface area contributed by atoms with Crippen molar-refractivity contribution in [3.05, 3.63) is 65.2 Å². The molecule has 5 heteroatoms. The zero-order valence-electron chi connectivity index (χ0n) is 13.4. The van der Waals surface area contributed by atoms with E-state index in [9.17, 15) is 14.7 Å². The molecule has 1 atom stereocenters. The van der Waals surface area contributed by atoms with E-state index in [1.165, 1.54) is 6.07 Å². The number of aromatic hydroxyl groups is 1. The Bertz CT molecular complexity index is 753. The van der Waals surface area contributed by atoms with Crippen molar-refractivity contribution in [2.24, 2.45) is 0 Å². The number of ether oxygens (including phenoxy) is 1. The van der Waals surface area contributed by atoms with Crippen LogP contribution in [0.15, 0.2) is 48.5 Å². The molecule has 2 N–H and O–H groups in total. The number of phenols is 1. The largest absolute Gasteiger partial charge is 0.507 e. The third-order valence-electron chi connectivity index (χ3n) is 3.86. The van der Waals surface area contributed by atoms with Crippen LogP contribution in [0, 0.1) is 6.92 Å². The van der Waals surface area contributed by atoms with Gasteiger partial charge in [-0.3, -0.25) is 4.79 Å². The minimum absolute atomic E-state index is 0.0511. The van der Waals surface area contributed by atoms with E-state index in [-0.39, 0.29) is 23.3 Å². The summed E-state index contributed by atoms with van der Waals surface area (Å²) in [4.78, 5) is 24.9. The number of nitrogens with one attached hydrogen (secondary N) is 1. The van der Waals surface area contributed by atoms with Crippen LogP contribution >= 0.6 is 0 Å². The average Bonchev–Trinajstić information content (AvgIpc) is 3.39. The summed E-state index contributed by atoms with van der Waals surface area (Å²) in [6, 6.07) is 13.7.